The zero-order valence-corrected chi connectivity index (χ0v) is 20.3. The maximum Gasteiger partial charge on any atom is 0.249 e. The predicted octanol–water partition coefficient (Wildman–Crippen LogP) is 4.56. The van der Waals surface area contributed by atoms with Gasteiger partial charge in [0.15, 0.2) is 5.82 Å². The van der Waals surface area contributed by atoms with Crippen molar-refractivity contribution in [1.29, 1.82) is 0 Å². The van der Waals surface area contributed by atoms with Gasteiger partial charge in [0.1, 0.15) is 17.5 Å². The molecule has 2 aliphatic rings. The largest absolute Gasteiger partial charge is 0.368 e. The van der Waals surface area contributed by atoms with Crippen LogP contribution in [0.1, 0.15) is 19.3 Å². The molecule has 38 heavy (non-hydrogen) atoms. The highest BCUT2D eigenvalue weighted by Gasteiger charge is 2.58. The lowest BCUT2D eigenvalue weighted by Gasteiger charge is -2.44. The van der Waals surface area contributed by atoms with Gasteiger partial charge in [-0.15, -0.1) is 5.10 Å². The smallest absolute Gasteiger partial charge is 0.249 e. The third kappa shape index (κ3) is 4.37. The molecular formula is C25H23F4N9. The first-order valence-corrected chi connectivity index (χ1v) is 12.0. The van der Waals surface area contributed by atoms with E-state index in [1.54, 1.807) is 13.2 Å². The summed E-state index contributed by atoms with van der Waals surface area (Å²) in [4.78, 5) is 18.6. The summed E-state index contributed by atoms with van der Waals surface area (Å²) in [5.41, 5.74) is 5.70. The molecule has 0 radical (unpaired) electrons. The Morgan fingerprint density at radius 1 is 1.03 bits per heavy atom. The van der Waals surface area contributed by atoms with E-state index in [4.69, 9.17) is 5.73 Å². The van der Waals surface area contributed by atoms with Gasteiger partial charge in [0.2, 0.25) is 17.8 Å². The molecule has 3 aromatic heterocycles. The van der Waals surface area contributed by atoms with Crippen LogP contribution in [0.15, 0.2) is 42.7 Å². The summed E-state index contributed by atoms with van der Waals surface area (Å²) >= 11 is 0. The Morgan fingerprint density at radius 2 is 1.79 bits per heavy atom. The van der Waals surface area contributed by atoms with Gasteiger partial charge in [-0.3, -0.25) is 0 Å². The highest BCUT2D eigenvalue weighted by atomic mass is 19.3. The van der Waals surface area contributed by atoms with Gasteiger partial charge in [-0.25, -0.2) is 37.2 Å². The molecule has 0 amide bonds. The number of anilines is 4. The van der Waals surface area contributed by atoms with Gasteiger partial charge in [0, 0.05) is 62.0 Å². The molecule has 2 fully saturated rings. The summed E-state index contributed by atoms with van der Waals surface area (Å²) in [6.07, 6.45) is 3.55. The van der Waals surface area contributed by atoms with Gasteiger partial charge in [-0.05, 0) is 36.8 Å². The lowest BCUT2D eigenvalue weighted by molar-refractivity contribution is -0.152. The minimum absolute atomic E-state index is 0.0330. The molecule has 1 aromatic carbocycles. The molecule has 1 aliphatic carbocycles. The van der Waals surface area contributed by atoms with Gasteiger partial charge < -0.3 is 16.0 Å². The van der Waals surface area contributed by atoms with Crippen molar-refractivity contribution in [2.45, 2.75) is 25.2 Å². The number of aryl methyl sites for hydroxylation is 1. The minimum Gasteiger partial charge on any atom is -0.368 e. The standard InChI is InChI=1S/C25H23F4N9/c1-37-23(33-15-8-16(26)20(17(27)9-15)18-4-6-31-22(30)34-18)35-21(36-37)14-2-3-19(32-10-14)38-7-5-24(13-38)11-25(28,29)12-24/h2-4,6,8-10H,5,7,11-13H2,1H3,(H2,30,31,34)(H,33,35,36). The Bertz CT molecular complexity index is 1490. The van der Waals surface area contributed by atoms with Gasteiger partial charge in [-0.2, -0.15) is 4.98 Å². The van der Waals surface area contributed by atoms with Crippen molar-refractivity contribution < 1.29 is 17.6 Å². The summed E-state index contributed by atoms with van der Waals surface area (Å²) in [7, 11) is 1.64. The number of rotatable bonds is 5. The van der Waals surface area contributed by atoms with Crippen LogP contribution in [-0.2, 0) is 7.05 Å². The summed E-state index contributed by atoms with van der Waals surface area (Å²) in [5.74, 6) is -2.97. The molecule has 0 bridgehead atoms. The van der Waals surface area contributed by atoms with E-state index in [1.165, 1.54) is 16.9 Å². The second-order valence-electron chi connectivity index (χ2n) is 9.91. The fraction of sp³-hybridized carbons (Fsp3) is 0.320. The van der Waals surface area contributed by atoms with E-state index in [2.05, 4.69) is 30.4 Å². The number of alkyl halides is 2. The van der Waals surface area contributed by atoms with E-state index in [0.717, 1.165) is 18.6 Å². The van der Waals surface area contributed by atoms with Crippen molar-refractivity contribution in [1.82, 2.24) is 29.7 Å². The van der Waals surface area contributed by atoms with Crippen LogP contribution in [0.25, 0.3) is 22.6 Å². The highest BCUT2D eigenvalue weighted by Crippen LogP contribution is 2.56. The van der Waals surface area contributed by atoms with Crippen molar-refractivity contribution in [3.05, 3.63) is 54.4 Å². The van der Waals surface area contributed by atoms with Crippen molar-refractivity contribution in [2.24, 2.45) is 12.5 Å². The predicted molar refractivity (Wildman–Crippen MR) is 133 cm³/mol. The number of nitrogen functional groups attached to an aromatic ring is 1. The van der Waals surface area contributed by atoms with Crippen molar-refractivity contribution in [3.8, 4) is 22.6 Å². The maximum absolute atomic E-state index is 14.8. The monoisotopic (exact) mass is 525 g/mol. The number of hydrogen-bond acceptors (Lipinski definition) is 8. The van der Waals surface area contributed by atoms with Crippen molar-refractivity contribution >= 4 is 23.4 Å². The third-order valence-corrected chi connectivity index (χ3v) is 7.03. The topological polar surface area (TPSA) is 111 Å². The number of pyridine rings is 1. The molecular weight excluding hydrogens is 502 g/mol. The first-order chi connectivity index (χ1) is 18.1. The molecule has 196 valence electrons. The van der Waals surface area contributed by atoms with Gasteiger partial charge in [0.05, 0.1) is 11.3 Å². The van der Waals surface area contributed by atoms with Gasteiger partial charge in [0.25, 0.3) is 0 Å². The number of nitrogens with two attached hydrogens (primary N) is 1. The molecule has 9 nitrogen and oxygen atoms in total. The average molecular weight is 526 g/mol. The quantitative estimate of drug-likeness (QED) is 0.365. The molecule has 1 saturated carbocycles. The van der Waals surface area contributed by atoms with E-state index in [1.807, 2.05) is 17.0 Å². The number of aromatic nitrogens is 6. The van der Waals surface area contributed by atoms with Crippen LogP contribution in [0.5, 0.6) is 0 Å². The van der Waals surface area contributed by atoms with E-state index < -0.39 is 17.6 Å². The Morgan fingerprint density at radius 3 is 2.45 bits per heavy atom. The van der Waals surface area contributed by atoms with Crippen LogP contribution in [-0.4, -0.2) is 48.7 Å². The average Bonchev–Trinajstić information content (AvgIpc) is 3.42. The Hall–Kier alpha value is -4.29. The SMILES string of the molecule is Cn1nc(-c2ccc(N3CCC4(C3)CC(F)(F)C4)nc2)nc1Nc1cc(F)c(-c2ccnc(N)n2)c(F)c1. The number of benzene rings is 1. The van der Waals surface area contributed by atoms with Crippen LogP contribution < -0.4 is 16.0 Å². The second kappa shape index (κ2) is 8.64. The minimum atomic E-state index is -2.55. The molecule has 4 heterocycles. The number of nitrogens with zero attached hydrogens (tertiary/aromatic N) is 7. The zero-order valence-electron chi connectivity index (χ0n) is 20.3. The molecule has 13 heteroatoms. The van der Waals surface area contributed by atoms with Crippen molar-refractivity contribution in [2.75, 3.05) is 29.0 Å². The van der Waals surface area contributed by atoms with Gasteiger partial charge in [-0.1, -0.05) is 0 Å². The fourth-order valence-electron chi connectivity index (χ4n) is 5.32. The molecule has 6 rings (SSSR count). The van der Waals surface area contributed by atoms with E-state index >= 15 is 0 Å². The first kappa shape index (κ1) is 24.1. The first-order valence-electron chi connectivity index (χ1n) is 12.0. The Kier molecular flexibility index (Phi) is 5.47. The molecule has 1 aliphatic heterocycles. The summed E-state index contributed by atoms with van der Waals surface area (Å²) in [5, 5.41) is 7.25. The molecule has 3 N–H and O–H groups in total. The Labute approximate surface area is 214 Å². The molecule has 1 saturated heterocycles. The van der Waals surface area contributed by atoms with E-state index in [9.17, 15) is 17.6 Å². The molecule has 0 atom stereocenters. The van der Waals surface area contributed by atoms with Crippen LogP contribution >= 0.6 is 0 Å². The van der Waals surface area contributed by atoms with Crippen LogP contribution in [0.4, 0.5) is 41.0 Å². The normalized spacial score (nSPS) is 17.6. The van der Waals surface area contributed by atoms with Gasteiger partial charge >= 0.3 is 0 Å². The number of nitrogens with one attached hydrogen (secondary N) is 1. The van der Waals surface area contributed by atoms with E-state index in [-0.39, 0.29) is 47.1 Å². The second-order valence-corrected chi connectivity index (χ2v) is 9.91. The van der Waals surface area contributed by atoms with Crippen molar-refractivity contribution in [3.63, 3.8) is 0 Å². The highest BCUT2D eigenvalue weighted by molar-refractivity contribution is 5.67. The molecule has 4 aromatic rings. The summed E-state index contributed by atoms with van der Waals surface area (Å²) < 4.78 is 57.9. The Balaban J connectivity index is 1.17. The summed E-state index contributed by atoms with van der Waals surface area (Å²) in [6.45, 7) is 1.26. The zero-order chi connectivity index (χ0) is 26.7. The number of hydrogen-bond donors (Lipinski definition) is 2. The lowest BCUT2D eigenvalue weighted by Crippen LogP contribution is -2.47. The fourth-order valence-corrected chi connectivity index (χ4v) is 5.32. The third-order valence-electron chi connectivity index (χ3n) is 7.03. The lowest BCUT2D eigenvalue weighted by atomic mass is 9.65. The number of halogens is 4. The molecule has 1 spiro atoms. The molecule has 0 unspecified atom stereocenters. The van der Waals surface area contributed by atoms with Crippen LogP contribution in [0.3, 0.4) is 0 Å². The summed E-state index contributed by atoms with van der Waals surface area (Å²) in [6, 6.07) is 7.25. The van der Waals surface area contributed by atoms with Crippen LogP contribution in [0.2, 0.25) is 0 Å². The van der Waals surface area contributed by atoms with Crippen LogP contribution in [0, 0.1) is 17.0 Å². The van der Waals surface area contributed by atoms with E-state index in [0.29, 0.717) is 30.3 Å². The maximum atomic E-state index is 14.8.